The van der Waals surface area contributed by atoms with Crippen molar-refractivity contribution in [2.45, 2.75) is 36.3 Å². The first kappa shape index (κ1) is 15.1. The molecule has 2 aliphatic rings. The lowest BCUT2D eigenvalue weighted by Gasteiger charge is -2.35. The minimum Gasteiger partial charge on any atom is -0.382 e. The van der Waals surface area contributed by atoms with Crippen LogP contribution >= 0.6 is 11.5 Å². The Kier molecular flexibility index (Phi) is 4.11. The Morgan fingerprint density at radius 1 is 1.29 bits per heavy atom. The molecule has 2 fully saturated rings. The molecule has 2 N–H and O–H groups in total. The lowest BCUT2D eigenvalue weighted by molar-refractivity contribution is 0.258. The van der Waals surface area contributed by atoms with Crippen molar-refractivity contribution in [3.8, 4) is 0 Å². The summed E-state index contributed by atoms with van der Waals surface area (Å²) in [6.45, 7) is 6.90. The fraction of sp³-hybridized carbons (Fsp3) is 0.769. The second-order valence-corrected chi connectivity index (χ2v) is 8.69. The quantitative estimate of drug-likeness (QED) is 0.874. The van der Waals surface area contributed by atoms with Crippen LogP contribution < -0.4 is 10.6 Å². The number of hydrogen-bond acceptors (Lipinski definition) is 7. The van der Waals surface area contributed by atoms with Gasteiger partial charge in [0, 0.05) is 26.2 Å². The smallest absolute Gasteiger partial charge is 0.187 e. The zero-order chi connectivity index (χ0) is 15.0. The van der Waals surface area contributed by atoms with Crippen LogP contribution in [0.2, 0.25) is 0 Å². The summed E-state index contributed by atoms with van der Waals surface area (Å²) in [5, 5.41) is 0.506. The molecule has 8 heteroatoms. The molecule has 1 aromatic rings. The van der Waals surface area contributed by atoms with Gasteiger partial charge in [-0.25, -0.2) is 8.42 Å². The molecule has 118 valence electrons. The highest BCUT2D eigenvalue weighted by atomic mass is 32.2. The molecule has 1 aliphatic heterocycles. The Morgan fingerprint density at radius 2 is 1.95 bits per heavy atom. The van der Waals surface area contributed by atoms with Gasteiger partial charge in [-0.15, -0.1) is 0 Å². The maximum atomic E-state index is 12.6. The summed E-state index contributed by atoms with van der Waals surface area (Å²) in [5.41, 5.74) is 5.86. The van der Waals surface area contributed by atoms with E-state index < -0.39 is 9.84 Å². The Hall–Kier alpha value is -0.860. The zero-order valence-corrected chi connectivity index (χ0v) is 13.9. The van der Waals surface area contributed by atoms with Crippen LogP contribution in [-0.2, 0) is 9.84 Å². The Morgan fingerprint density at radius 3 is 2.52 bits per heavy atom. The molecule has 21 heavy (non-hydrogen) atoms. The van der Waals surface area contributed by atoms with Gasteiger partial charge in [-0.3, -0.25) is 4.90 Å². The lowest BCUT2D eigenvalue weighted by Crippen LogP contribution is -2.46. The number of nitrogens with two attached hydrogens (primary N) is 1. The number of rotatable bonds is 5. The first-order valence-corrected chi connectivity index (χ1v) is 9.82. The van der Waals surface area contributed by atoms with Gasteiger partial charge in [0.15, 0.2) is 15.7 Å². The minimum atomic E-state index is -3.29. The maximum Gasteiger partial charge on any atom is 0.187 e. The SMILES string of the molecule is CCCN1CCN(c2snc(N)c2S(=O)(=O)C2CC2)CC1. The van der Waals surface area contributed by atoms with Crippen LogP contribution in [0.4, 0.5) is 10.8 Å². The van der Waals surface area contributed by atoms with E-state index in [-0.39, 0.29) is 11.1 Å². The Balaban J connectivity index is 1.81. The first-order chi connectivity index (χ1) is 10.0. The maximum absolute atomic E-state index is 12.6. The molecule has 3 rings (SSSR count). The van der Waals surface area contributed by atoms with Crippen molar-refractivity contribution in [1.82, 2.24) is 9.27 Å². The first-order valence-electron chi connectivity index (χ1n) is 7.50. The molecule has 1 saturated carbocycles. The molecule has 0 spiro atoms. The van der Waals surface area contributed by atoms with E-state index in [1.54, 1.807) is 0 Å². The molecule has 2 heterocycles. The average Bonchev–Trinajstić information content (AvgIpc) is 3.24. The highest BCUT2D eigenvalue weighted by Crippen LogP contribution is 2.42. The van der Waals surface area contributed by atoms with Gasteiger partial charge >= 0.3 is 0 Å². The molecule has 1 saturated heterocycles. The van der Waals surface area contributed by atoms with Crippen molar-refractivity contribution in [3.63, 3.8) is 0 Å². The molecule has 0 aromatic carbocycles. The summed E-state index contributed by atoms with van der Waals surface area (Å²) >= 11 is 1.22. The van der Waals surface area contributed by atoms with Crippen LogP contribution in [0.25, 0.3) is 0 Å². The third-order valence-corrected chi connectivity index (χ3v) is 7.48. The fourth-order valence-electron chi connectivity index (χ4n) is 2.79. The number of hydrogen-bond donors (Lipinski definition) is 1. The lowest BCUT2D eigenvalue weighted by atomic mass is 10.3. The van der Waals surface area contributed by atoms with Crippen LogP contribution in [0.15, 0.2) is 4.90 Å². The second-order valence-electron chi connectivity index (χ2n) is 5.78. The van der Waals surface area contributed by atoms with Gasteiger partial charge in [-0.1, -0.05) is 6.92 Å². The molecule has 6 nitrogen and oxygen atoms in total. The van der Waals surface area contributed by atoms with E-state index in [2.05, 4.69) is 21.1 Å². The predicted molar refractivity (Wildman–Crippen MR) is 85.7 cm³/mol. The zero-order valence-electron chi connectivity index (χ0n) is 12.3. The molecule has 0 unspecified atom stereocenters. The van der Waals surface area contributed by atoms with E-state index in [1.807, 2.05) is 0 Å². The number of anilines is 2. The fourth-order valence-corrected chi connectivity index (χ4v) is 5.87. The number of piperazine rings is 1. The Labute approximate surface area is 130 Å². The van der Waals surface area contributed by atoms with Crippen molar-refractivity contribution >= 4 is 32.2 Å². The van der Waals surface area contributed by atoms with Gasteiger partial charge in [0.25, 0.3) is 0 Å². The average molecular weight is 330 g/mol. The molecule has 0 atom stereocenters. The highest BCUT2D eigenvalue weighted by molar-refractivity contribution is 7.92. The molecular formula is C13H22N4O2S2. The van der Waals surface area contributed by atoms with Gasteiger partial charge in [0.05, 0.1) is 5.25 Å². The minimum absolute atomic E-state index is 0.179. The molecule has 0 radical (unpaired) electrons. The van der Waals surface area contributed by atoms with Crippen LogP contribution in [0, 0.1) is 0 Å². The summed E-state index contributed by atoms with van der Waals surface area (Å²) in [5.74, 6) is 0.179. The van der Waals surface area contributed by atoms with E-state index in [9.17, 15) is 8.42 Å². The van der Waals surface area contributed by atoms with Gasteiger partial charge in [0.1, 0.15) is 9.90 Å². The number of nitrogen functional groups attached to an aromatic ring is 1. The summed E-state index contributed by atoms with van der Waals surface area (Å²) in [6.07, 6.45) is 2.65. The van der Waals surface area contributed by atoms with Gasteiger partial charge < -0.3 is 10.6 Å². The largest absolute Gasteiger partial charge is 0.382 e. The summed E-state index contributed by atoms with van der Waals surface area (Å²) in [7, 11) is -3.29. The van der Waals surface area contributed by atoms with Crippen LogP contribution in [0.3, 0.4) is 0 Å². The van der Waals surface area contributed by atoms with E-state index in [1.165, 1.54) is 11.5 Å². The third kappa shape index (κ3) is 2.89. The number of nitrogens with zero attached hydrogens (tertiary/aromatic N) is 3. The summed E-state index contributed by atoms with van der Waals surface area (Å²) in [6, 6.07) is 0. The van der Waals surface area contributed by atoms with Crippen molar-refractivity contribution in [1.29, 1.82) is 0 Å². The standard InChI is InChI=1S/C13H22N4O2S2/c1-2-5-16-6-8-17(9-7-16)13-11(12(14)15-20-13)21(18,19)10-3-4-10/h10H,2-9H2,1H3,(H2,14,15). The summed E-state index contributed by atoms with van der Waals surface area (Å²) in [4.78, 5) is 4.84. The van der Waals surface area contributed by atoms with E-state index in [4.69, 9.17) is 5.73 Å². The Bertz CT molecular complexity index is 602. The van der Waals surface area contributed by atoms with Gasteiger partial charge in [-0.2, -0.15) is 4.37 Å². The van der Waals surface area contributed by atoms with Crippen molar-refractivity contribution < 1.29 is 8.42 Å². The number of aromatic nitrogens is 1. The van der Waals surface area contributed by atoms with Crippen molar-refractivity contribution in [2.24, 2.45) is 0 Å². The second kappa shape index (κ2) is 5.73. The molecular weight excluding hydrogens is 308 g/mol. The molecule has 1 aromatic heterocycles. The van der Waals surface area contributed by atoms with Crippen molar-refractivity contribution in [3.05, 3.63) is 0 Å². The monoisotopic (exact) mass is 330 g/mol. The van der Waals surface area contributed by atoms with Gasteiger partial charge in [0.2, 0.25) is 0 Å². The third-order valence-electron chi connectivity index (χ3n) is 4.10. The topological polar surface area (TPSA) is 79.5 Å². The molecule has 0 amide bonds. The molecule has 0 bridgehead atoms. The predicted octanol–water partition coefficient (Wildman–Crippen LogP) is 1.19. The van der Waals surface area contributed by atoms with Gasteiger partial charge in [-0.05, 0) is 37.3 Å². The van der Waals surface area contributed by atoms with Crippen molar-refractivity contribution in [2.75, 3.05) is 43.4 Å². The summed E-state index contributed by atoms with van der Waals surface area (Å²) < 4.78 is 29.2. The number of sulfone groups is 1. The molecule has 1 aliphatic carbocycles. The van der Waals surface area contributed by atoms with E-state index in [0.29, 0.717) is 4.90 Å². The van der Waals surface area contributed by atoms with E-state index in [0.717, 1.165) is 57.0 Å². The highest BCUT2D eigenvalue weighted by Gasteiger charge is 2.41. The van der Waals surface area contributed by atoms with Crippen LogP contribution in [0.5, 0.6) is 0 Å². The van der Waals surface area contributed by atoms with Crippen LogP contribution in [-0.4, -0.2) is 55.7 Å². The van der Waals surface area contributed by atoms with E-state index >= 15 is 0 Å². The normalized spacial score (nSPS) is 20.9. The van der Waals surface area contributed by atoms with Crippen LogP contribution in [0.1, 0.15) is 26.2 Å².